The molecule has 0 aliphatic rings. The van der Waals surface area contributed by atoms with Crippen molar-refractivity contribution in [2.24, 2.45) is 0 Å². The number of thiophene rings is 1. The fourth-order valence-electron chi connectivity index (χ4n) is 8.52. The Balaban J connectivity index is 1.20. The molecule has 0 bridgehead atoms. The smallest absolute Gasteiger partial charge is 0.166 e. The molecule has 0 aliphatic heterocycles. The second-order valence-electron chi connectivity index (χ2n) is 14.8. The van der Waals surface area contributed by atoms with Crippen LogP contribution in [0.4, 0.5) is 0 Å². The molecule has 8 aromatic carbocycles. The summed E-state index contributed by atoms with van der Waals surface area (Å²) in [6, 6.07) is 67.3. The van der Waals surface area contributed by atoms with Gasteiger partial charge in [-0.05, 0) is 42.5 Å². The van der Waals surface area contributed by atoms with Crippen molar-refractivity contribution in [3.63, 3.8) is 0 Å². The molecule has 0 radical (unpaired) electrons. The lowest BCUT2D eigenvalue weighted by atomic mass is 10.0. The number of nitrogens with zero attached hydrogens (tertiary/aromatic N) is 6. The predicted octanol–water partition coefficient (Wildman–Crippen LogP) is 13.6. The molecule has 0 unspecified atom stereocenters. The van der Waals surface area contributed by atoms with E-state index in [0.29, 0.717) is 23.3 Å². The Hall–Kier alpha value is -7.87. The molecule has 6 nitrogen and oxygen atoms in total. The minimum absolute atomic E-state index is 0.553. The van der Waals surface area contributed by atoms with Crippen molar-refractivity contribution in [2.45, 2.75) is 0 Å². The van der Waals surface area contributed by atoms with E-state index >= 15 is 0 Å². The summed E-state index contributed by atoms with van der Waals surface area (Å²) < 4.78 is 4.91. The number of hydrogen-bond acceptors (Lipinski definition) is 6. The van der Waals surface area contributed by atoms with Crippen molar-refractivity contribution in [3.8, 4) is 62.5 Å². The molecule has 0 amide bonds. The van der Waals surface area contributed by atoms with E-state index in [1.165, 1.54) is 30.9 Å². The quantitative estimate of drug-likeness (QED) is 0.168. The normalized spacial score (nSPS) is 11.7. The Morgan fingerprint density at radius 1 is 0.367 bits per heavy atom. The van der Waals surface area contributed by atoms with Crippen LogP contribution in [-0.4, -0.2) is 29.5 Å². The topological polar surface area (TPSA) is 69.4 Å². The van der Waals surface area contributed by atoms with Gasteiger partial charge in [0, 0.05) is 64.1 Å². The van der Waals surface area contributed by atoms with Crippen molar-refractivity contribution in [2.75, 3.05) is 0 Å². The number of rotatable bonds is 6. The lowest BCUT2D eigenvalue weighted by Crippen LogP contribution is -2.04. The monoisotopic (exact) mass is 784 g/mol. The van der Waals surface area contributed by atoms with Gasteiger partial charge in [0.15, 0.2) is 23.3 Å². The summed E-state index contributed by atoms with van der Waals surface area (Å²) in [6.07, 6.45) is 0. The van der Waals surface area contributed by atoms with Gasteiger partial charge < -0.3 is 4.57 Å². The molecule has 60 heavy (non-hydrogen) atoms. The van der Waals surface area contributed by atoms with Crippen molar-refractivity contribution < 1.29 is 0 Å². The van der Waals surface area contributed by atoms with Gasteiger partial charge in [0.05, 0.1) is 27.9 Å². The average molecular weight is 785 g/mol. The first-order valence-corrected chi connectivity index (χ1v) is 20.7. The molecular weight excluding hydrogens is 753 g/mol. The third-order valence-corrected chi connectivity index (χ3v) is 12.4. The lowest BCUT2D eigenvalue weighted by Gasteiger charge is -2.17. The standard InChI is InChI=1S/C53H32N6S/c1-4-16-33(17-5-1)48-39-23-10-13-25-42(39)54-52(55-48)36-28-30-44(41(32-36)53-57-50(34-18-6-2-7-19-34)56-51(58-53)35-20-8-3-9-21-35)59-43-26-14-11-22-37(43)38-29-31-46-47(49(38)59)40-24-12-15-27-45(40)60-46/h1-32H. The van der Waals surface area contributed by atoms with Crippen LogP contribution in [0.5, 0.6) is 0 Å². The second-order valence-corrected chi connectivity index (χ2v) is 15.9. The molecule has 0 N–H and O–H groups in total. The average Bonchev–Trinajstić information content (AvgIpc) is 3.87. The van der Waals surface area contributed by atoms with Crippen LogP contribution in [0.15, 0.2) is 194 Å². The van der Waals surface area contributed by atoms with Gasteiger partial charge in [0.25, 0.3) is 0 Å². The van der Waals surface area contributed by atoms with E-state index in [1.807, 2.05) is 102 Å². The number of para-hydroxylation sites is 2. The van der Waals surface area contributed by atoms with Crippen LogP contribution in [0.2, 0.25) is 0 Å². The van der Waals surface area contributed by atoms with Crippen LogP contribution in [0.3, 0.4) is 0 Å². The summed E-state index contributed by atoms with van der Waals surface area (Å²) in [6.45, 7) is 0. The first-order valence-electron chi connectivity index (χ1n) is 19.9. The Kier molecular flexibility index (Phi) is 7.92. The van der Waals surface area contributed by atoms with Crippen LogP contribution >= 0.6 is 11.3 Å². The molecule has 0 saturated heterocycles. The molecule has 0 fully saturated rings. The van der Waals surface area contributed by atoms with Crippen LogP contribution in [0.1, 0.15) is 0 Å². The van der Waals surface area contributed by atoms with E-state index in [0.717, 1.165) is 61.1 Å². The van der Waals surface area contributed by atoms with Gasteiger partial charge in [-0.1, -0.05) is 152 Å². The molecular formula is C53H32N6S. The van der Waals surface area contributed by atoms with Gasteiger partial charge in [0.1, 0.15) is 0 Å². The summed E-state index contributed by atoms with van der Waals surface area (Å²) >= 11 is 1.83. The zero-order valence-electron chi connectivity index (χ0n) is 32.1. The molecule has 4 aromatic heterocycles. The van der Waals surface area contributed by atoms with Gasteiger partial charge in [0.2, 0.25) is 0 Å². The number of hydrogen-bond donors (Lipinski definition) is 0. The van der Waals surface area contributed by atoms with Crippen LogP contribution in [0, 0.1) is 0 Å². The van der Waals surface area contributed by atoms with Crippen molar-refractivity contribution >= 4 is 64.2 Å². The SMILES string of the molecule is c1ccc(-c2nc(-c3ccccc3)nc(-c3cc(-c4nc(-c5ccccc5)c5ccccc5n4)ccc3-n3c4ccccc4c4ccc5sc6ccccc6c5c43)n2)cc1. The summed E-state index contributed by atoms with van der Waals surface area (Å²) in [7, 11) is 0. The summed E-state index contributed by atoms with van der Waals surface area (Å²) in [5, 5.41) is 5.83. The molecule has 4 heterocycles. The lowest BCUT2D eigenvalue weighted by molar-refractivity contribution is 1.06. The highest BCUT2D eigenvalue weighted by Crippen LogP contribution is 2.45. The number of benzene rings is 8. The van der Waals surface area contributed by atoms with E-state index in [1.54, 1.807) is 0 Å². The number of aromatic nitrogens is 6. The molecule has 0 spiro atoms. The molecule has 0 atom stereocenters. The fraction of sp³-hybridized carbons (Fsp3) is 0. The van der Waals surface area contributed by atoms with Crippen molar-refractivity contribution in [1.82, 2.24) is 29.5 Å². The van der Waals surface area contributed by atoms with E-state index in [2.05, 4.69) is 108 Å². The maximum absolute atomic E-state index is 5.31. The maximum atomic E-state index is 5.31. The molecule has 0 saturated carbocycles. The summed E-state index contributed by atoms with van der Waals surface area (Å²) in [5.41, 5.74) is 9.48. The third kappa shape index (κ3) is 5.59. The van der Waals surface area contributed by atoms with Gasteiger partial charge in [-0.2, -0.15) is 0 Å². The van der Waals surface area contributed by atoms with Gasteiger partial charge >= 0.3 is 0 Å². The second kappa shape index (κ2) is 13.9. The Morgan fingerprint density at radius 2 is 0.950 bits per heavy atom. The highest BCUT2D eigenvalue weighted by atomic mass is 32.1. The Bertz CT molecular complexity index is 3540. The largest absolute Gasteiger partial charge is 0.308 e. The van der Waals surface area contributed by atoms with Crippen molar-refractivity contribution in [1.29, 1.82) is 0 Å². The highest BCUT2D eigenvalue weighted by molar-refractivity contribution is 7.26. The summed E-state index contributed by atoms with van der Waals surface area (Å²) in [5.74, 6) is 2.36. The first kappa shape index (κ1) is 34.2. The minimum atomic E-state index is 0.553. The van der Waals surface area contributed by atoms with Crippen LogP contribution < -0.4 is 0 Å². The Morgan fingerprint density at radius 3 is 1.68 bits per heavy atom. The molecule has 12 rings (SSSR count). The van der Waals surface area contributed by atoms with Gasteiger partial charge in [-0.25, -0.2) is 24.9 Å². The van der Waals surface area contributed by atoms with Gasteiger partial charge in [-0.3, -0.25) is 0 Å². The van der Waals surface area contributed by atoms with Crippen LogP contribution in [-0.2, 0) is 0 Å². The van der Waals surface area contributed by atoms with E-state index in [-0.39, 0.29) is 0 Å². The van der Waals surface area contributed by atoms with E-state index in [4.69, 9.17) is 24.9 Å². The third-order valence-electron chi connectivity index (χ3n) is 11.3. The molecule has 0 aliphatic carbocycles. The first-order chi connectivity index (χ1) is 29.7. The fourth-order valence-corrected chi connectivity index (χ4v) is 9.62. The van der Waals surface area contributed by atoms with E-state index < -0.39 is 0 Å². The maximum Gasteiger partial charge on any atom is 0.166 e. The van der Waals surface area contributed by atoms with Crippen molar-refractivity contribution in [3.05, 3.63) is 194 Å². The zero-order valence-corrected chi connectivity index (χ0v) is 32.9. The minimum Gasteiger partial charge on any atom is -0.308 e. The zero-order chi connectivity index (χ0) is 39.6. The highest BCUT2D eigenvalue weighted by Gasteiger charge is 2.23. The molecule has 280 valence electrons. The summed E-state index contributed by atoms with van der Waals surface area (Å²) in [4.78, 5) is 26.2. The number of fused-ring (bicyclic) bond motifs is 8. The molecule has 12 aromatic rings. The van der Waals surface area contributed by atoms with E-state index in [9.17, 15) is 0 Å². The molecule has 7 heteroatoms. The van der Waals surface area contributed by atoms with Gasteiger partial charge in [-0.15, -0.1) is 11.3 Å². The Labute approximate surface area is 348 Å². The van der Waals surface area contributed by atoms with Crippen LogP contribution in [0.25, 0.3) is 115 Å². The predicted molar refractivity (Wildman–Crippen MR) is 247 cm³/mol.